The Labute approximate surface area is 117 Å². The maximum Gasteiger partial charge on any atom is 0.262 e. The van der Waals surface area contributed by atoms with Crippen LogP contribution in [-0.2, 0) is 9.53 Å². The second-order valence-corrected chi connectivity index (χ2v) is 5.50. The number of fused-ring (bicyclic) bond motifs is 1. The van der Waals surface area contributed by atoms with Crippen LogP contribution in [0.25, 0.3) is 0 Å². The first-order valence-corrected chi connectivity index (χ1v) is 7.41. The summed E-state index contributed by atoms with van der Waals surface area (Å²) in [6.45, 7) is 2.55. The summed E-state index contributed by atoms with van der Waals surface area (Å²) in [6.07, 6.45) is 0.418. The number of carbonyl (C=O) groups is 1. The van der Waals surface area contributed by atoms with Crippen LogP contribution < -0.4 is 10.1 Å². The van der Waals surface area contributed by atoms with Crippen LogP contribution in [0.3, 0.4) is 0 Å². The number of hydrogen-bond acceptors (Lipinski definition) is 4. The van der Waals surface area contributed by atoms with Gasteiger partial charge in [-0.05, 0) is 18.6 Å². The maximum atomic E-state index is 12.1. The average molecular weight is 281 g/mol. The molecule has 0 bridgehead atoms. The number of amides is 1. The Hall–Kier alpha value is -1.20. The van der Waals surface area contributed by atoms with E-state index in [1.54, 1.807) is 18.9 Å². The van der Waals surface area contributed by atoms with E-state index in [1.807, 2.05) is 31.2 Å². The summed E-state index contributed by atoms with van der Waals surface area (Å²) in [4.78, 5) is 13.2. The molecule has 2 rings (SSSR count). The number of nitrogens with one attached hydrogen (secondary N) is 1. The topological polar surface area (TPSA) is 47.6 Å². The summed E-state index contributed by atoms with van der Waals surface area (Å²) in [5.74, 6) is 1.37. The van der Waals surface area contributed by atoms with Crippen molar-refractivity contribution in [3.8, 4) is 5.75 Å². The molecule has 0 aliphatic carbocycles. The minimum Gasteiger partial charge on any atom is -0.479 e. The fourth-order valence-corrected chi connectivity index (χ4v) is 2.89. The van der Waals surface area contributed by atoms with Crippen LogP contribution in [0.4, 0.5) is 0 Å². The quantitative estimate of drug-likeness (QED) is 0.897. The standard InChI is InChI=1S/C14H19NO3S/c1-3-10(8-17-2)15-14(16)12-9-19-13-7-5-4-6-11(13)18-12/h4-7,10,12H,3,8-9H2,1-2H3,(H,15,16)/t10-,12-/m1/s1. The Morgan fingerprint density at radius 1 is 1.58 bits per heavy atom. The van der Waals surface area contributed by atoms with E-state index < -0.39 is 6.10 Å². The third-order valence-electron chi connectivity index (χ3n) is 3.01. The van der Waals surface area contributed by atoms with E-state index >= 15 is 0 Å². The summed E-state index contributed by atoms with van der Waals surface area (Å²) in [5.41, 5.74) is 0. The molecule has 0 spiro atoms. The second kappa shape index (κ2) is 6.82. The van der Waals surface area contributed by atoms with Crippen LogP contribution in [0.15, 0.2) is 29.2 Å². The van der Waals surface area contributed by atoms with Crippen molar-refractivity contribution in [2.45, 2.75) is 30.4 Å². The van der Waals surface area contributed by atoms with E-state index in [0.29, 0.717) is 12.4 Å². The van der Waals surface area contributed by atoms with Gasteiger partial charge in [0.05, 0.1) is 12.6 Å². The van der Waals surface area contributed by atoms with Crippen molar-refractivity contribution in [2.24, 2.45) is 0 Å². The largest absolute Gasteiger partial charge is 0.479 e. The highest BCUT2D eigenvalue weighted by Crippen LogP contribution is 2.34. The lowest BCUT2D eigenvalue weighted by atomic mass is 10.2. The van der Waals surface area contributed by atoms with E-state index in [4.69, 9.17) is 9.47 Å². The molecule has 19 heavy (non-hydrogen) atoms. The smallest absolute Gasteiger partial charge is 0.262 e. The lowest BCUT2D eigenvalue weighted by Gasteiger charge is -2.26. The molecule has 4 nitrogen and oxygen atoms in total. The Balaban J connectivity index is 1.95. The van der Waals surface area contributed by atoms with Crippen molar-refractivity contribution < 1.29 is 14.3 Å². The van der Waals surface area contributed by atoms with Gasteiger partial charge in [0.25, 0.3) is 5.91 Å². The first-order chi connectivity index (χ1) is 9.24. The molecule has 1 N–H and O–H groups in total. The first-order valence-electron chi connectivity index (χ1n) is 6.42. The van der Waals surface area contributed by atoms with Gasteiger partial charge in [-0.1, -0.05) is 19.1 Å². The molecular formula is C14H19NO3S. The molecule has 0 fully saturated rings. The van der Waals surface area contributed by atoms with Crippen molar-refractivity contribution in [3.63, 3.8) is 0 Å². The molecular weight excluding hydrogens is 262 g/mol. The van der Waals surface area contributed by atoms with Gasteiger partial charge in [0.1, 0.15) is 5.75 Å². The van der Waals surface area contributed by atoms with Crippen LogP contribution in [0.5, 0.6) is 5.75 Å². The average Bonchev–Trinajstić information content (AvgIpc) is 2.46. The van der Waals surface area contributed by atoms with Gasteiger partial charge in [0, 0.05) is 17.8 Å². The molecule has 0 saturated heterocycles. The van der Waals surface area contributed by atoms with Crippen LogP contribution >= 0.6 is 11.8 Å². The molecule has 0 radical (unpaired) electrons. The van der Waals surface area contributed by atoms with Gasteiger partial charge in [-0.25, -0.2) is 0 Å². The first kappa shape index (κ1) is 14.2. The number of hydrogen-bond donors (Lipinski definition) is 1. The van der Waals surface area contributed by atoms with Crippen LogP contribution in [0, 0.1) is 0 Å². The summed E-state index contributed by atoms with van der Waals surface area (Å²) in [5, 5.41) is 2.97. The van der Waals surface area contributed by atoms with Crippen molar-refractivity contribution in [1.29, 1.82) is 0 Å². The number of ether oxygens (including phenoxy) is 2. The fraction of sp³-hybridized carbons (Fsp3) is 0.500. The minimum atomic E-state index is -0.425. The monoisotopic (exact) mass is 281 g/mol. The fourth-order valence-electron chi connectivity index (χ4n) is 1.91. The Kier molecular flexibility index (Phi) is 5.10. The summed E-state index contributed by atoms with van der Waals surface area (Å²) in [7, 11) is 1.64. The molecule has 104 valence electrons. The zero-order chi connectivity index (χ0) is 13.7. The highest BCUT2D eigenvalue weighted by Gasteiger charge is 2.27. The summed E-state index contributed by atoms with van der Waals surface area (Å²) >= 11 is 1.66. The van der Waals surface area contributed by atoms with Gasteiger partial charge in [0.15, 0.2) is 6.10 Å². The predicted octanol–water partition coefficient (Wildman–Crippen LogP) is 2.08. The number of thioether (sulfide) groups is 1. The van der Waals surface area contributed by atoms with Crippen molar-refractivity contribution in [3.05, 3.63) is 24.3 Å². The van der Waals surface area contributed by atoms with Gasteiger partial charge < -0.3 is 14.8 Å². The normalized spacial score (nSPS) is 19.2. The van der Waals surface area contributed by atoms with E-state index in [2.05, 4.69) is 5.32 Å². The lowest BCUT2D eigenvalue weighted by molar-refractivity contribution is -0.128. The number of para-hydroxylation sites is 1. The molecule has 5 heteroatoms. The number of carbonyl (C=O) groups excluding carboxylic acids is 1. The van der Waals surface area contributed by atoms with Gasteiger partial charge in [0.2, 0.25) is 0 Å². The van der Waals surface area contributed by atoms with Gasteiger partial charge in [-0.3, -0.25) is 4.79 Å². The van der Waals surface area contributed by atoms with Crippen LogP contribution in [-0.4, -0.2) is 37.5 Å². The molecule has 0 aromatic heterocycles. The zero-order valence-electron chi connectivity index (χ0n) is 11.2. The molecule has 1 aromatic rings. The zero-order valence-corrected chi connectivity index (χ0v) is 12.0. The van der Waals surface area contributed by atoms with E-state index in [1.165, 1.54) is 0 Å². The molecule has 2 atom stereocenters. The number of benzene rings is 1. The molecule has 1 aromatic carbocycles. The Bertz CT molecular complexity index is 438. The molecule has 1 aliphatic rings. The highest BCUT2D eigenvalue weighted by atomic mass is 32.2. The van der Waals surface area contributed by atoms with E-state index in [9.17, 15) is 4.79 Å². The molecule has 1 heterocycles. The van der Waals surface area contributed by atoms with Crippen LogP contribution in [0.1, 0.15) is 13.3 Å². The summed E-state index contributed by atoms with van der Waals surface area (Å²) in [6, 6.07) is 7.84. The molecule has 1 aliphatic heterocycles. The lowest BCUT2D eigenvalue weighted by Crippen LogP contribution is -2.47. The SMILES string of the molecule is CC[C@H](COC)NC(=O)[C@H]1CSc2ccccc2O1. The van der Waals surface area contributed by atoms with Crippen molar-refractivity contribution >= 4 is 17.7 Å². The molecule has 1 amide bonds. The number of methoxy groups -OCH3 is 1. The van der Waals surface area contributed by atoms with Crippen LogP contribution in [0.2, 0.25) is 0 Å². The molecule has 0 unspecified atom stereocenters. The highest BCUT2D eigenvalue weighted by molar-refractivity contribution is 7.99. The van der Waals surface area contributed by atoms with Gasteiger partial charge >= 0.3 is 0 Å². The van der Waals surface area contributed by atoms with Gasteiger partial charge in [-0.2, -0.15) is 0 Å². The van der Waals surface area contributed by atoms with E-state index in [0.717, 1.165) is 17.1 Å². The Morgan fingerprint density at radius 2 is 2.37 bits per heavy atom. The van der Waals surface area contributed by atoms with E-state index in [-0.39, 0.29) is 11.9 Å². The number of rotatable bonds is 5. The maximum absolute atomic E-state index is 12.1. The summed E-state index contributed by atoms with van der Waals surface area (Å²) < 4.78 is 10.8. The van der Waals surface area contributed by atoms with Crippen molar-refractivity contribution in [1.82, 2.24) is 5.32 Å². The Morgan fingerprint density at radius 3 is 3.11 bits per heavy atom. The minimum absolute atomic E-state index is 0.0447. The van der Waals surface area contributed by atoms with Crippen molar-refractivity contribution in [2.75, 3.05) is 19.5 Å². The molecule has 0 saturated carbocycles. The third kappa shape index (κ3) is 3.64. The third-order valence-corrected chi connectivity index (χ3v) is 4.13. The van der Waals surface area contributed by atoms with Gasteiger partial charge in [-0.15, -0.1) is 11.8 Å². The second-order valence-electron chi connectivity index (χ2n) is 4.43. The predicted molar refractivity (Wildman–Crippen MR) is 75.7 cm³/mol.